The fraction of sp³-hybridized carbons (Fsp3) is 0.375. The van der Waals surface area contributed by atoms with E-state index in [-0.39, 0.29) is 6.04 Å². The Labute approximate surface area is 198 Å². The summed E-state index contributed by atoms with van der Waals surface area (Å²) in [5.74, 6) is 2.32. The van der Waals surface area contributed by atoms with E-state index >= 15 is 0 Å². The third kappa shape index (κ3) is 4.36. The van der Waals surface area contributed by atoms with Crippen LogP contribution in [0.5, 0.6) is 0 Å². The Kier molecular flexibility index (Phi) is 5.97. The lowest BCUT2D eigenvalue weighted by Gasteiger charge is -2.37. The maximum Gasteiger partial charge on any atom is 0.316 e. The van der Waals surface area contributed by atoms with Crippen molar-refractivity contribution >= 4 is 23.5 Å². The number of nitrogens with zero attached hydrogens (tertiary/aromatic N) is 6. The molecule has 1 atom stereocenters. The van der Waals surface area contributed by atoms with Crippen molar-refractivity contribution in [2.45, 2.75) is 32.9 Å². The van der Waals surface area contributed by atoms with Crippen LogP contribution in [0.1, 0.15) is 23.7 Å². The molecule has 1 saturated heterocycles. The SMILES string of the molecule is Cc1cc(-c2nc3c(c(N4CCOC[C@@H]4C)n2)CCN(c2ncccn2)C3)ccc1NC(N)=O. The number of aryl methyl sites for hydroxylation is 1. The van der Waals surface area contributed by atoms with Crippen molar-refractivity contribution in [1.82, 2.24) is 19.9 Å². The average Bonchev–Trinajstić information content (AvgIpc) is 2.85. The first kappa shape index (κ1) is 22.0. The van der Waals surface area contributed by atoms with Gasteiger partial charge in [0.05, 0.1) is 31.5 Å². The van der Waals surface area contributed by atoms with Crippen LogP contribution in [-0.2, 0) is 17.7 Å². The number of nitrogens with one attached hydrogen (secondary N) is 1. The second-order valence-corrected chi connectivity index (χ2v) is 8.65. The number of hydrogen-bond acceptors (Lipinski definition) is 8. The summed E-state index contributed by atoms with van der Waals surface area (Å²) in [4.78, 5) is 34.7. The molecule has 4 heterocycles. The van der Waals surface area contributed by atoms with Gasteiger partial charge in [-0.15, -0.1) is 0 Å². The lowest BCUT2D eigenvalue weighted by atomic mass is 10.0. The molecule has 2 amide bonds. The summed E-state index contributed by atoms with van der Waals surface area (Å²) < 4.78 is 5.67. The Bertz CT molecular complexity index is 1200. The highest BCUT2D eigenvalue weighted by molar-refractivity contribution is 5.89. The van der Waals surface area contributed by atoms with E-state index in [0.717, 1.165) is 42.1 Å². The Balaban J connectivity index is 1.57. The van der Waals surface area contributed by atoms with Gasteiger partial charge in [-0.1, -0.05) is 0 Å². The normalized spacial score (nSPS) is 17.9. The van der Waals surface area contributed by atoms with E-state index in [1.807, 2.05) is 31.2 Å². The number of carbonyl (C=O) groups excluding carboxylic acids is 1. The average molecular weight is 461 g/mol. The molecule has 0 bridgehead atoms. The predicted octanol–water partition coefficient (Wildman–Crippen LogP) is 2.52. The maximum atomic E-state index is 11.3. The van der Waals surface area contributed by atoms with Crippen LogP contribution in [0.4, 0.5) is 22.2 Å². The fourth-order valence-corrected chi connectivity index (χ4v) is 4.52. The molecule has 0 aliphatic carbocycles. The van der Waals surface area contributed by atoms with Crippen molar-refractivity contribution in [3.8, 4) is 11.4 Å². The van der Waals surface area contributed by atoms with Crippen molar-refractivity contribution in [3.63, 3.8) is 0 Å². The van der Waals surface area contributed by atoms with E-state index in [0.29, 0.717) is 37.2 Å². The Morgan fingerprint density at radius 2 is 2.03 bits per heavy atom. The molecule has 10 heteroatoms. The molecular weight excluding hydrogens is 432 g/mol. The van der Waals surface area contributed by atoms with Gasteiger partial charge in [-0.2, -0.15) is 0 Å². The zero-order valence-electron chi connectivity index (χ0n) is 19.4. The monoisotopic (exact) mass is 460 g/mol. The molecule has 2 aliphatic rings. The zero-order chi connectivity index (χ0) is 23.7. The van der Waals surface area contributed by atoms with E-state index < -0.39 is 6.03 Å². The highest BCUT2D eigenvalue weighted by atomic mass is 16.5. The van der Waals surface area contributed by atoms with Crippen LogP contribution in [0, 0.1) is 6.92 Å². The van der Waals surface area contributed by atoms with Gasteiger partial charge in [0.15, 0.2) is 5.82 Å². The molecular formula is C24H28N8O2. The highest BCUT2D eigenvalue weighted by Crippen LogP contribution is 2.33. The molecule has 1 fully saturated rings. The van der Waals surface area contributed by atoms with Crippen molar-refractivity contribution in [2.75, 3.05) is 41.4 Å². The van der Waals surface area contributed by atoms with E-state index in [1.54, 1.807) is 12.4 Å². The number of hydrogen-bond donors (Lipinski definition) is 2. The molecule has 1 aromatic carbocycles. The Hall–Kier alpha value is -3.79. The molecule has 176 valence electrons. The summed E-state index contributed by atoms with van der Waals surface area (Å²) in [6, 6.07) is 7.17. The Morgan fingerprint density at radius 3 is 2.76 bits per heavy atom. The Morgan fingerprint density at radius 1 is 1.21 bits per heavy atom. The third-order valence-electron chi connectivity index (χ3n) is 6.26. The summed E-state index contributed by atoms with van der Waals surface area (Å²) in [6.45, 7) is 7.63. The van der Waals surface area contributed by atoms with Crippen LogP contribution in [0.3, 0.4) is 0 Å². The number of rotatable bonds is 4. The maximum absolute atomic E-state index is 11.3. The van der Waals surface area contributed by atoms with Gasteiger partial charge >= 0.3 is 6.03 Å². The second-order valence-electron chi connectivity index (χ2n) is 8.65. The molecule has 0 spiro atoms. The van der Waals surface area contributed by atoms with Crippen molar-refractivity contribution in [3.05, 3.63) is 53.5 Å². The highest BCUT2D eigenvalue weighted by Gasteiger charge is 2.29. The van der Waals surface area contributed by atoms with Gasteiger partial charge in [0.25, 0.3) is 0 Å². The van der Waals surface area contributed by atoms with Gasteiger partial charge in [-0.25, -0.2) is 24.7 Å². The number of aromatic nitrogens is 4. The van der Waals surface area contributed by atoms with Crippen molar-refractivity contribution in [1.29, 1.82) is 0 Å². The largest absolute Gasteiger partial charge is 0.377 e. The van der Waals surface area contributed by atoms with Gasteiger partial charge in [0.1, 0.15) is 5.82 Å². The molecule has 3 aromatic rings. The smallest absolute Gasteiger partial charge is 0.316 e. The third-order valence-corrected chi connectivity index (χ3v) is 6.26. The van der Waals surface area contributed by atoms with Crippen LogP contribution in [0.2, 0.25) is 0 Å². The number of benzene rings is 1. The number of nitrogens with two attached hydrogens (primary N) is 1. The summed E-state index contributed by atoms with van der Waals surface area (Å²) in [7, 11) is 0. The summed E-state index contributed by atoms with van der Waals surface area (Å²) in [5.41, 5.74) is 9.88. The number of anilines is 3. The quantitative estimate of drug-likeness (QED) is 0.609. The topological polar surface area (TPSA) is 122 Å². The van der Waals surface area contributed by atoms with Gasteiger partial charge in [-0.3, -0.25) is 0 Å². The van der Waals surface area contributed by atoms with Gasteiger partial charge < -0.3 is 25.6 Å². The molecule has 2 aliphatic heterocycles. The molecule has 0 saturated carbocycles. The predicted molar refractivity (Wildman–Crippen MR) is 130 cm³/mol. The second kappa shape index (κ2) is 9.22. The van der Waals surface area contributed by atoms with Crippen LogP contribution in [0.25, 0.3) is 11.4 Å². The summed E-state index contributed by atoms with van der Waals surface area (Å²) in [5, 5.41) is 2.65. The first-order chi connectivity index (χ1) is 16.5. The number of carbonyl (C=O) groups is 1. The minimum absolute atomic E-state index is 0.222. The zero-order valence-corrected chi connectivity index (χ0v) is 19.4. The number of urea groups is 1. The number of morpholine rings is 1. The number of fused-ring (bicyclic) bond motifs is 1. The molecule has 0 radical (unpaired) electrons. The lowest BCUT2D eigenvalue weighted by Crippen LogP contribution is -2.45. The number of primary amides is 1. The van der Waals surface area contributed by atoms with Crippen LogP contribution >= 0.6 is 0 Å². The molecule has 5 rings (SSSR count). The van der Waals surface area contributed by atoms with Crippen LogP contribution in [0.15, 0.2) is 36.7 Å². The minimum atomic E-state index is -0.590. The molecule has 0 unspecified atom stereocenters. The first-order valence-electron chi connectivity index (χ1n) is 11.4. The van der Waals surface area contributed by atoms with Crippen molar-refractivity contribution in [2.24, 2.45) is 5.73 Å². The first-order valence-corrected chi connectivity index (χ1v) is 11.4. The van der Waals surface area contributed by atoms with Crippen LogP contribution in [-0.4, -0.2) is 58.3 Å². The van der Waals surface area contributed by atoms with Crippen LogP contribution < -0.4 is 20.9 Å². The van der Waals surface area contributed by atoms with Gasteiger partial charge in [0.2, 0.25) is 5.95 Å². The molecule has 2 aromatic heterocycles. The molecule has 3 N–H and O–H groups in total. The molecule has 34 heavy (non-hydrogen) atoms. The van der Waals surface area contributed by atoms with E-state index in [1.165, 1.54) is 5.56 Å². The standard InChI is InChI=1S/C24H28N8O2/c1-15-12-17(4-5-19(15)29-23(25)33)21-28-20-13-31(24-26-7-3-8-27-24)9-6-18(20)22(30-21)32-10-11-34-14-16(32)2/h3-5,7-8,12,16H,6,9-11,13-14H2,1-2H3,(H3,25,29,33)/t16-/m0/s1. The fourth-order valence-electron chi connectivity index (χ4n) is 4.52. The van der Waals surface area contributed by atoms with E-state index in [2.05, 4.69) is 32.0 Å². The van der Waals surface area contributed by atoms with E-state index in [9.17, 15) is 4.79 Å². The summed E-state index contributed by atoms with van der Waals surface area (Å²) >= 11 is 0. The van der Waals surface area contributed by atoms with Gasteiger partial charge in [-0.05, 0) is 50.1 Å². The number of amides is 2. The van der Waals surface area contributed by atoms with Crippen molar-refractivity contribution < 1.29 is 9.53 Å². The van der Waals surface area contributed by atoms with E-state index in [4.69, 9.17) is 20.4 Å². The lowest BCUT2D eigenvalue weighted by molar-refractivity contribution is 0.0984. The summed E-state index contributed by atoms with van der Waals surface area (Å²) in [6.07, 6.45) is 4.33. The van der Waals surface area contributed by atoms with Gasteiger partial charge in [0, 0.05) is 42.3 Å². The number of ether oxygens (including phenoxy) is 1. The minimum Gasteiger partial charge on any atom is -0.377 e. The molecule has 10 nitrogen and oxygen atoms in total.